The van der Waals surface area contributed by atoms with Crippen LogP contribution in [0.2, 0.25) is 0 Å². The summed E-state index contributed by atoms with van der Waals surface area (Å²) in [6, 6.07) is 7.95. The molecule has 3 rings (SSSR count). The maximum Gasteiger partial charge on any atom is 0.243 e. The molecule has 1 aromatic rings. The lowest BCUT2D eigenvalue weighted by Gasteiger charge is -2.30. The fourth-order valence-electron chi connectivity index (χ4n) is 3.14. The number of benzene rings is 1. The van der Waals surface area contributed by atoms with Crippen molar-refractivity contribution in [3.8, 4) is 0 Å². The number of hydrogen-bond donors (Lipinski definition) is 2. The summed E-state index contributed by atoms with van der Waals surface area (Å²) in [6.07, 6.45) is 2.59. The Bertz CT molecular complexity index is 514. The van der Waals surface area contributed by atoms with Crippen molar-refractivity contribution in [3.63, 3.8) is 0 Å². The van der Waals surface area contributed by atoms with Gasteiger partial charge in [-0.25, -0.2) is 0 Å². The van der Waals surface area contributed by atoms with Crippen molar-refractivity contribution in [2.45, 2.75) is 32.4 Å². The number of amides is 1. The number of carbonyl (C=O) groups excluding carboxylic acids is 1. The summed E-state index contributed by atoms with van der Waals surface area (Å²) in [5.74, 6) is 0.837. The molecule has 0 bridgehead atoms. The van der Waals surface area contributed by atoms with Crippen molar-refractivity contribution >= 4 is 36.4 Å². The zero-order chi connectivity index (χ0) is 16.1. The summed E-state index contributed by atoms with van der Waals surface area (Å²) in [5, 5.41) is 6.12. The first kappa shape index (κ1) is 22.2. The molecule has 7 heteroatoms. The molecule has 2 aliphatic rings. The molecule has 25 heavy (non-hydrogen) atoms. The van der Waals surface area contributed by atoms with E-state index in [-0.39, 0.29) is 36.8 Å². The highest BCUT2D eigenvalue weighted by Crippen LogP contribution is 2.19. The summed E-state index contributed by atoms with van der Waals surface area (Å²) in [4.78, 5) is 14.6. The molecule has 1 unspecified atom stereocenters. The molecule has 0 aliphatic carbocycles. The number of rotatable bonds is 4. The van der Waals surface area contributed by atoms with Gasteiger partial charge < -0.3 is 15.4 Å². The second-order valence-corrected chi connectivity index (χ2v) is 6.73. The Morgan fingerprint density at radius 1 is 1.24 bits per heavy atom. The SMILES string of the molecule is CC1CCN(Cc2ccc(NC(=O)C3COCCN3)cc2)CC1.Cl.Cl. The summed E-state index contributed by atoms with van der Waals surface area (Å²) in [7, 11) is 0. The number of likely N-dealkylation sites (tertiary alicyclic amines) is 1. The van der Waals surface area contributed by atoms with Crippen molar-refractivity contribution in [1.82, 2.24) is 10.2 Å². The van der Waals surface area contributed by atoms with Gasteiger partial charge in [-0.2, -0.15) is 0 Å². The average Bonchev–Trinajstić information content (AvgIpc) is 2.59. The van der Waals surface area contributed by atoms with E-state index in [2.05, 4.69) is 34.6 Å². The van der Waals surface area contributed by atoms with E-state index in [1.54, 1.807) is 0 Å². The van der Waals surface area contributed by atoms with Gasteiger partial charge in [-0.15, -0.1) is 24.8 Å². The van der Waals surface area contributed by atoms with Gasteiger partial charge in [0.25, 0.3) is 0 Å². The van der Waals surface area contributed by atoms with E-state index in [4.69, 9.17) is 4.74 Å². The molecule has 0 aromatic heterocycles. The van der Waals surface area contributed by atoms with Gasteiger partial charge in [-0.1, -0.05) is 19.1 Å². The van der Waals surface area contributed by atoms with E-state index in [9.17, 15) is 4.79 Å². The van der Waals surface area contributed by atoms with E-state index in [0.717, 1.165) is 24.7 Å². The molecule has 2 aliphatic heterocycles. The van der Waals surface area contributed by atoms with Gasteiger partial charge in [0.15, 0.2) is 0 Å². The van der Waals surface area contributed by atoms with Crippen LogP contribution in [0.25, 0.3) is 0 Å². The van der Waals surface area contributed by atoms with E-state index in [1.807, 2.05) is 12.1 Å². The second-order valence-electron chi connectivity index (χ2n) is 6.73. The van der Waals surface area contributed by atoms with Crippen LogP contribution in [-0.4, -0.2) is 49.7 Å². The first-order valence-corrected chi connectivity index (χ1v) is 8.64. The van der Waals surface area contributed by atoms with Gasteiger partial charge in [-0.3, -0.25) is 9.69 Å². The normalized spacial score (nSPS) is 21.7. The molecule has 1 atom stereocenters. The highest BCUT2D eigenvalue weighted by molar-refractivity contribution is 5.95. The molecule has 142 valence electrons. The molecular formula is C18H29Cl2N3O2. The minimum Gasteiger partial charge on any atom is -0.378 e. The van der Waals surface area contributed by atoms with Crippen LogP contribution in [0, 0.1) is 5.92 Å². The maximum atomic E-state index is 12.1. The number of anilines is 1. The van der Waals surface area contributed by atoms with Crippen molar-refractivity contribution in [2.24, 2.45) is 5.92 Å². The highest BCUT2D eigenvalue weighted by Gasteiger charge is 2.21. The number of ether oxygens (including phenoxy) is 1. The largest absolute Gasteiger partial charge is 0.378 e. The van der Waals surface area contributed by atoms with Crippen molar-refractivity contribution in [1.29, 1.82) is 0 Å². The second kappa shape index (κ2) is 11.0. The van der Waals surface area contributed by atoms with E-state index >= 15 is 0 Å². The number of nitrogens with zero attached hydrogens (tertiary/aromatic N) is 1. The van der Waals surface area contributed by atoms with Crippen LogP contribution in [0.4, 0.5) is 5.69 Å². The lowest BCUT2D eigenvalue weighted by atomic mass is 9.99. The zero-order valence-electron chi connectivity index (χ0n) is 14.7. The third kappa shape index (κ3) is 6.76. The first-order chi connectivity index (χ1) is 11.2. The lowest BCUT2D eigenvalue weighted by Crippen LogP contribution is -2.48. The van der Waals surface area contributed by atoms with E-state index in [1.165, 1.54) is 31.5 Å². The molecule has 1 amide bonds. The quantitative estimate of drug-likeness (QED) is 0.830. The standard InChI is InChI=1S/C18H27N3O2.2ClH/c1-14-6-9-21(10-7-14)12-15-2-4-16(5-3-15)20-18(22)17-13-23-11-8-19-17;;/h2-5,14,17,19H,6-13H2,1H3,(H,20,22);2*1H. The van der Waals surface area contributed by atoms with Gasteiger partial charge >= 0.3 is 0 Å². The molecule has 2 fully saturated rings. The van der Waals surface area contributed by atoms with Crippen LogP contribution in [0.3, 0.4) is 0 Å². The van der Waals surface area contributed by atoms with Crippen LogP contribution in [0.15, 0.2) is 24.3 Å². The number of halogens is 2. The van der Waals surface area contributed by atoms with Crippen molar-refractivity contribution < 1.29 is 9.53 Å². The van der Waals surface area contributed by atoms with Crippen LogP contribution < -0.4 is 10.6 Å². The molecule has 0 radical (unpaired) electrons. The van der Waals surface area contributed by atoms with Gasteiger partial charge in [0.1, 0.15) is 6.04 Å². The Morgan fingerprint density at radius 3 is 2.52 bits per heavy atom. The maximum absolute atomic E-state index is 12.1. The molecule has 2 heterocycles. The number of nitrogens with one attached hydrogen (secondary N) is 2. The number of morpholine rings is 1. The van der Waals surface area contributed by atoms with Crippen LogP contribution in [0.5, 0.6) is 0 Å². The predicted octanol–water partition coefficient (Wildman–Crippen LogP) is 2.69. The van der Waals surface area contributed by atoms with Gasteiger partial charge in [0.2, 0.25) is 5.91 Å². The van der Waals surface area contributed by atoms with Gasteiger partial charge in [-0.05, 0) is 49.5 Å². The molecule has 0 saturated carbocycles. The summed E-state index contributed by atoms with van der Waals surface area (Å²) < 4.78 is 5.32. The van der Waals surface area contributed by atoms with E-state index < -0.39 is 0 Å². The highest BCUT2D eigenvalue weighted by atomic mass is 35.5. The third-order valence-electron chi connectivity index (χ3n) is 4.74. The Morgan fingerprint density at radius 2 is 1.92 bits per heavy atom. The van der Waals surface area contributed by atoms with Crippen LogP contribution in [-0.2, 0) is 16.1 Å². The molecule has 0 spiro atoms. The molecular weight excluding hydrogens is 361 g/mol. The van der Waals surface area contributed by atoms with Gasteiger partial charge in [0.05, 0.1) is 13.2 Å². The summed E-state index contributed by atoms with van der Waals surface area (Å²) in [6.45, 7) is 7.55. The first-order valence-electron chi connectivity index (χ1n) is 8.64. The average molecular weight is 390 g/mol. The monoisotopic (exact) mass is 389 g/mol. The Hall–Kier alpha value is -0.850. The summed E-state index contributed by atoms with van der Waals surface area (Å²) in [5.41, 5.74) is 2.15. The molecule has 1 aromatic carbocycles. The fraction of sp³-hybridized carbons (Fsp3) is 0.611. The Balaban J connectivity index is 0.00000156. The molecule has 2 saturated heterocycles. The summed E-state index contributed by atoms with van der Waals surface area (Å²) >= 11 is 0. The molecule has 2 N–H and O–H groups in total. The Kier molecular flexibility index (Phi) is 9.75. The van der Waals surface area contributed by atoms with Crippen LogP contribution in [0.1, 0.15) is 25.3 Å². The third-order valence-corrected chi connectivity index (χ3v) is 4.74. The minimum atomic E-state index is -0.251. The van der Waals surface area contributed by atoms with Crippen LogP contribution >= 0.6 is 24.8 Å². The fourth-order valence-corrected chi connectivity index (χ4v) is 3.14. The van der Waals surface area contributed by atoms with Gasteiger partial charge in [0, 0.05) is 18.8 Å². The Labute approximate surface area is 162 Å². The topological polar surface area (TPSA) is 53.6 Å². The van der Waals surface area contributed by atoms with Crippen molar-refractivity contribution in [2.75, 3.05) is 38.2 Å². The number of carbonyl (C=O) groups is 1. The van der Waals surface area contributed by atoms with Crippen molar-refractivity contribution in [3.05, 3.63) is 29.8 Å². The number of piperidine rings is 1. The zero-order valence-corrected chi connectivity index (χ0v) is 16.3. The minimum absolute atomic E-state index is 0. The number of hydrogen-bond acceptors (Lipinski definition) is 4. The smallest absolute Gasteiger partial charge is 0.243 e. The van der Waals surface area contributed by atoms with E-state index in [0.29, 0.717) is 13.2 Å². The molecule has 5 nitrogen and oxygen atoms in total. The predicted molar refractivity (Wildman–Crippen MR) is 106 cm³/mol. The lowest BCUT2D eigenvalue weighted by molar-refractivity contribution is -0.120.